The lowest BCUT2D eigenvalue weighted by Gasteiger charge is -2.11. The number of amides is 1. The number of hydrogen-bond donors (Lipinski definition) is 2. The molecular weight excluding hydrogens is 142 g/mol. The van der Waals surface area contributed by atoms with Gasteiger partial charge in [0.2, 0.25) is 5.91 Å². The molecule has 2 N–H and O–H groups in total. The minimum atomic E-state index is -0.281. The molecule has 0 atom stereocenters. The number of aliphatic hydroxyl groups excluding tert-OH is 1. The van der Waals surface area contributed by atoms with Gasteiger partial charge in [0.05, 0.1) is 12.1 Å². The van der Waals surface area contributed by atoms with E-state index in [9.17, 15) is 4.79 Å². The third kappa shape index (κ3) is 2.05. The zero-order valence-electron chi connectivity index (χ0n) is 6.63. The molecular formula is C8H13NO2. The summed E-state index contributed by atoms with van der Waals surface area (Å²) in [4.78, 5) is 10.9. The summed E-state index contributed by atoms with van der Waals surface area (Å²) in [6.07, 6.45) is 4.94. The molecule has 1 rings (SSSR count). The molecule has 1 fully saturated rings. The molecule has 0 spiro atoms. The van der Waals surface area contributed by atoms with Gasteiger partial charge >= 0.3 is 0 Å². The summed E-state index contributed by atoms with van der Waals surface area (Å²) in [5.41, 5.74) is -0.281. The average molecular weight is 155 g/mol. The Labute approximate surface area is 66.1 Å². The minimum Gasteiger partial charge on any atom is -0.394 e. The number of carbonyl (C=O) groups excluding carboxylic acids is 1. The molecule has 0 radical (unpaired) electrons. The molecule has 0 aromatic rings. The van der Waals surface area contributed by atoms with Gasteiger partial charge in [0.1, 0.15) is 0 Å². The van der Waals surface area contributed by atoms with Crippen molar-refractivity contribution in [3.05, 3.63) is 12.2 Å². The van der Waals surface area contributed by atoms with Gasteiger partial charge in [-0.05, 0) is 25.8 Å². The van der Waals surface area contributed by atoms with E-state index in [1.54, 1.807) is 13.0 Å². The highest BCUT2D eigenvalue weighted by atomic mass is 16.3. The topological polar surface area (TPSA) is 49.3 Å². The Kier molecular flexibility index (Phi) is 2.29. The fourth-order valence-electron chi connectivity index (χ4n) is 0.928. The van der Waals surface area contributed by atoms with Crippen LogP contribution in [0.2, 0.25) is 0 Å². The van der Waals surface area contributed by atoms with E-state index in [2.05, 4.69) is 5.32 Å². The second-order valence-corrected chi connectivity index (χ2v) is 2.93. The maximum absolute atomic E-state index is 10.9. The Morgan fingerprint density at radius 1 is 1.73 bits per heavy atom. The Balaban J connectivity index is 2.36. The molecule has 0 aromatic carbocycles. The highest BCUT2D eigenvalue weighted by Crippen LogP contribution is 2.34. The summed E-state index contributed by atoms with van der Waals surface area (Å²) < 4.78 is 0. The van der Waals surface area contributed by atoms with Crippen LogP contribution in [0.4, 0.5) is 0 Å². The first kappa shape index (κ1) is 8.27. The smallest absolute Gasteiger partial charge is 0.244 e. The van der Waals surface area contributed by atoms with E-state index < -0.39 is 0 Å². The molecule has 1 saturated carbocycles. The monoisotopic (exact) mass is 155 g/mol. The van der Waals surface area contributed by atoms with Crippen LogP contribution in [0.5, 0.6) is 0 Å². The lowest BCUT2D eigenvalue weighted by molar-refractivity contribution is -0.117. The van der Waals surface area contributed by atoms with Crippen molar-refractivity contribution in [1.29, 1.82) is 0 Å². The zero-order chi connectivity index (χ0) is 8.32. The lowest BCUT2D eigenvalue weighted by Crippen LogP contribution is -2.38. The Morgan fingerprint density at radius 3 is 2.73 bits per heavy atom. The summed E-state index contributed by atoms with van der Waals surface area (Å²) in [6.45, 7) is 1.84. The maximum Gasteiger partial charge on any atom is 0.244 e. The number of hydrogen-bond acceptors (Lipinski definition) is 2. The van der Waals surface area contributed by atoms with E-state index in [0.717, 1.165) is 12.8 Å². The number of nitrogens with one attached hydrogen (secondary N) is 1. The van der Waals surface area contributed by atoms with Crippen molar-refractivity contribution in [3.63, 3.8) is 0 Å². The second kappa shape index (κ2) is 3.05. The molecule has 0 saturated heterocycles. The van der Waals surface area contributed by atoms with Crippen molar-refractivity contribution in [3.8, 4) is 0 Å². The zero-order valence-corrected chi connectivity index (χ0v) is 6.63. The highest BCUT2D eigenvalue weighted by molar-refractivity contribution is 5.88. The maximum atomic E-state index is 10.9. The second-order valence-electron chi connectivity index (χ2n) is 2.93. The van der Waals surface area contributed by atoms with Crippen LogP contribution < -0.4 is 5.32 Å². The van der Waals surface area contributed by atoms with Crippen LogP contribution in [0, 0.1) is 0 Å². The molecule has 0 aliphatic heterocycles. The van der Waals surface area contributed by atoms with E-state index in [4.69, 9.17) is 5.11 Å². The van der Waals surface area contributed by atoms with Crippen LogP contribution in [0.3, 0.4) is 0 Å². The largest absolute Gasteiger partial charge is 0.394 e. The van der Waals surface area contributed by atoms with Gasteiger partial charge in [0.15, 0.2) is 0 Å². The quantitative estimate of drug-likeness (QED) is 0.572. The fourth-order valence-corrected chi connectivity index (χ4v) is 0.928. The predicted octanol–water partition coefficient (Wildman–Crippen LogP) is 0.204. The van der Waals surface area contributed by atoms with Gasteiger partial charge in [-0.3, -0.25) is 4.79 Å². The van der Waals surface area contributed by atoms with E-state index in [0.29, 0.717) is 0 Å². The summed E-state index contributed by atoms with van der Waals surface area (Å²) in [7, 11) is 0. The Hall–Kier alpha value is -0.830. The van der Waals surface area contributed by atoms with Crippen LogP contribution in [0.25, 0.3) is 0 Å². The van der Waals surface area contributed by atoms with E-state index >= 15 is 0 Å². The highest BCUT2D eigenvalue weighted by Gasteiger charge is 2.42. The lowest BCUT2D eigenvalue weighted by atomic mass is 10.3. The van der Waals surface area contributed by atoms with Crippen molar-refractivity contribution in [1.82, 2.24) is 5.32 Å². The van der Waals surface area contributed by atoms with Gasteiger partial charge in [0, 0.05) is 0 Å². The van der Waals surface area contributed by atoms with Crippen LogP contribution in [0.15, 0.2) is 12.2 Å². The van der Waals surface area contributed by atoms with Gasteiger partial charge in [-0.2, -0.15) is 0 Å². The van der Waals surface area contributed by atoms with Crippen LogP contribution in [-0.4, -0.2) is 23.2 Å². The molecule has 0 heterocycles. The van der Waals surface area contributed by atoms with Crippen molar-refractivity contribution in [2.24, 2.45) is 0 Å². The third-order valence-corrected chi connectivity index (χ3v) is 1.86. The molecule has 62 valence electrons. The molecule has 0 bridgehead atoms. The Bertz CT molecular complexity index is 183. The minimum absolute atomic E-state index is 0.0519. The molecule has 1 amide bonds. The number of aliphatic hydroxyl groups is 1. The number of carbonyl (C=O) groups is 1. The van der Waals surface area contributed by atoms with Gasteiger partial charge in [-0.25, -0.2) is 0 Å². The SMILES string of the molecule is C/C=C/C(=O)NC1(CO)CC1. The first-order chi connectivity index (χ1) is 5.22. The third-order valence-electron chi connectivity index (χ3n) is 1.86. The van der Waals surface area contributed by atoms with E-state index in [1.807, 2.05) is 0 Å². The average Bonchev–Trinajstić information content (AvgIpc) is 2.70. The first-order valence-corrected chi connectivity index (χ1v) is 3.78. The van der Waals surface area contributed by atoms with Crippen molar-refractivity contribution in [2.45, 2.75) is 25.3 Å². The normalized spacial score (nSPS) is 20.2. The van der Waals surface area contributed by atoms with Crippen molar-refractivity contribution in [2.75, 3.05) is 6.61 Å². The molecule has 1 aliphatic rings. The van der Waals surface area contributed by atoms with Crippen LogP contribution in [0.1, 0.15) is 19.8 Å². The summed E-state index contributed by atoms with van der Waals surface area (Å²) in [6, 6.07) is 0. The molecule has 11 heavy (non-hydrogen) atoms. The first-order valence-electron chi connectivity index (χ1n) is 3.78. The van der Waals surface area contributed by atoms with E-state index in [1.165, 1.54) is 6.08 Å². The van der Waals surface area contributed by atoms with Gasteiger partial charge in [0.25, 0.3) is 0 Å². The molecule has 0 unspecified atom stereocenters. The molecule has 3 nitrogen and oxygen atoms in total. The van der Waals surface area contributed by atoms with Gasteiger partial charge in [-0.15, -0.1) is 0 Å². The summed E-state index contributed by atoms with van der Waals surface area (Å²) in [5, 5.41) is 11.6. The molecule has 1 aliphatic carbocycles. The number of allylic oxidation sites excluding steroid dienone is 1. The van der Waals surface area contributed by atoms with Gasteiger partial charge < -0.3 is 10.4 Å². The summed E-state index contributed by atoms with van der Waals surface area (Å²) >= 11 is 0. The molecule has 3 heteroatoms. The predicted molar refractivity (Wildman–Crippen MR) is 42.0 cm³/mol. The van der Waals surface area contributed by atoms with Gasteiger partial charge in [-0.1, -0.05) is 6.08 Å². The van der Waals surface area contributed by atoms with Crippen LogP contribution in [-0.2, 0) is 4.79 Å². The van der Waals surface area contributed by atoms with Crippen molar-refractivity contribution >= 4 is 5.91 Å². The Morgan fingerprint density at radius 2 is 2.36 bits per heavy atom. The van der Waals surface area contributed by atoms with Crippen LogP contribution >= 0.6 is 0 Å². The van der Waals surface area contributed by atoms with Crippen molar-refractivity contribution < 1.29 is 9.90 Å². The standard InChI is InChI=1S/C8H13NO2/c1-2-3-7(11)9-8(6-10)4-5-8/h2-3,10H,4-6H2,1H3,(H,9,11)/b3-2+. The van der Waals surface area contributed by atoms with E-state index in [-0.39, 0.29) is 18.1 Å². The number of rotatable bonds is 3. The fraction of sp³-hybridized carbons (Fsp3) is 0.625. The molecule has 0 aromatic heterocycles. The summed E-state index contributed by atoms with van der Waals surface area (Å²) in [5.74, 6) is -0.112.